The molecule has 0 radical (unpaired) electrons. The van der Waals surface area contributed by atoms with Crippen LogP contribution >= 0.6 is 0 Å². The summed E-state index contributed by atoms with van der Waals surface area (Å²) in [5.74, 6) is 1.79. The average Bonchev–Trinajstić information content (AvgIpc) is 2.58. The van der Waals surface area contributed by atoms with Gasteiger partial charge in [-0.2, -0.15) is 0 Å². The SMILES string of the molecule is c1ccc(CCN(c2ccccn2)c2ccccn2)nc1. The van der Waals surface area contributed by atoms with E-state index < -0.39 is 0 Å². The van der Waals surface area contributed by atoms with Crippen LogP contribution in [0, 0.1) is 0 Å². The minimum absolute atomic E-state index is 0.783. The highest BCUT2D eigenvalue weighted by molar-refractivity contribution is 5.55. The van der Waals surface area contributed by atoms with E-state index in [1.807, 2.05) is 60.8 Å². The van der Waals surface area contributed by atoms with Crippen molar-refractivity contribution in [3.8, 4) is 0 Å². The molecule has 3 heterocycles. The van der Waals surface area contributed by atoms with Crippen LogP contribution in [0.3, 0.4) is 0 Å². The van der Waals surface area contributed by atoms with E-state index in [0.717, 1.165) is 30.3 Å². The first-order chi connectivity index (χ1) is 10.4. The van der Waals surface area contributed by atoms with E-state index in [-0.39, 0.29) is 0 Å². The molecule has 0 aromatic carbocycles. The quantitative estimate of drug-likeness (QED) is 0.717. The molecular formula is C17H16N4. The van der Waals surface area contributed by atoms with Crippen LogP contribution in [0.25, 0.3) is 0 Å². The summed E-state index contributed by atoms with van der Waals surface area (Å²) < 4.78 is 0. The van der Waals surface area contributed by atoms with E-state index in [1.165, 1.54) is 0 Å². The summed E-state index contributed by atoms with van der Waals surface area (Å²) in [5.41, 5.74) is 1.06. The van der Waals surface area contributed by atoms with Gasteiger partial charge in [0.15, 0.2) is 0 Å². The summed E-state index contributed by atoms with van der Waals surface area (Å²) in [4.78, 5) is 15.3. The molecule has 3 aromatic rings. The lowest BCUT2D eigenvalue weighted by Crippen LogP contribution is -2.22. The molecule has 0 aliphatic carbocycles. The van der Waals surface area contributed by atoms with Gasteiger partial charge in [-0.25, -0.2) is 9.97 Å². The van der Waals surface area contributed by atoms with Gasteiger partial charge in [-0.3, -0.25) is 4.98 Å². The van der Waals surface area contributed by atoms with Crippen molar-refractivity contribution in [1.29, 1.82) is 0 Å². The van der Waals surface area contributed by atoms with Crippen LogP contribution in [-0.4, -0.2) is 21.5 Å². The van der Waals surface area contributed by atoms with Crippen molar-refractivity contribution in [2.75, 3.05) is 11.4 Å². The van der Waals surface area contributed by atoms with E-state index in [0.29, 0.717) is 0 Å². The van der Waals surface area contributed by atoms with E-state index in [9.17, 15) is 0 Å². The zero-order valence-corrected chi connectivity index (χ0v) is 11.6. The molecule has 104 valence electrons. The molecule has 0 atom stereocenters. The Morgan fingerprint density at radius 2 is 1.24 bits per heavy atom. The number of pyridine rings is 3. The fourth-order valence-corrected chi connectivity index (χ4v) is 2.15. The molecule has 21 heavy (non-hydrogen) atoms. The number of hydrogen-bond acceptors (Lipinski definition) is 4. The zero-order chi connectivity index (χ0) is 14.3. The maximum absolute atomic E-state index is 4.43. The third kappa shape index (κ3) is 3.42. The molecule has 0 spiro atoms. The first-order valence-corrected chi connectivity index (χ1v) is 6.93. The van der Waals surface area contributed by atoms with Gasteiger partial charge in [-0.15, -0.1) is 0 Å². The summed E-state index contributed by atoms with van der Waals surface area (Å²) in [6, 6.07) is 17.8. The molecule has 0 bridgehead atoms. The van der Waals surface area contributed by atoms with Crippen LogP contribution in [0.1, 0.15) is 5.69 Å². The van der Waals surface area contributed by atoms with Crippen molar-refractivity contribution < 1.29 is 0 Å². The summed E-state index contributed by atoms with van der Waals surface area (Å²) >= 11 is 0. The smallest absolute Gasteiger partial charge is 0.134 e. The lowest BCUT2D eigenvalue weighted by molar-refractivity contribution is 0.858. The van der Waals surface area contributed by atoms with Gasteiger partial charge in [-0.1, -0.05) is 18.2 Å². The topological polar surface area (TPSA) is 41.9 Å². The van der Waals surface area contributed by atoms with Crippen LogP contribution in [0.2, 0.25) is 0 Å². The molecule has 0 fully saturated rings. The van der Waals surface area contributed by atoms with Gasteiger partial charge < -0.3 is 4.90 Å². The van der Waals surface area contributed by atoms with E-state index in [4.69, 9.17) is 0 Å². The average molecular weight is 276 g/mol. The van der Waals surface area contributed by atoms with Crippen LogP contribution in [0.4, 0.5) is 11.6 Å². The Hall–Kier alpha value is -2.75. The van der Waals surface area contributed by atoms with Crippen molar-refractivity contribution >= 4 is 11.6 Å². The van der Waals surface area contributed by atoms with Crippen molar-refractivity contribution in [3.63, 3.8) is 0 Å². The molecule has 3 rings (SSSR count). The molecule has 0 N–H and O–H groups in total. The highest BCUT2D eigenvalue weighted by Gasteiger charge is 2.11. The zero-order valence-electron chi connectivity index (χ0n) is 11.6. The summed E-state index contributed by atoms with van der Waals surface area (Å²) in [7, 11) is 0. The van der Waals surface area contributed by atoms with Gasteiger partial charge in [0, 0.05) is 37.3 Å². The van der Waals surface area contributed by atoms with E-state index in [1.54, 1.807) is 12.4 Å². The van der Waals surface area contributed by atoms with E-state index in [2.05, 4.69) is 19.9 Å². The number of aromatic nitrogens is 3. The second kappa shape index (κ2) is 6.61. The molecular weight excluding hydrogens is 260 g/mol. The Morgan fingerprint density at radius 1 is 0.667 bits per heavy atom. The number of anilines is 2. The molecule has 0 amide bonds. The number of hydrogen-bond donors (Lipinski definition) is 0. The lowest BCUT2D eigenvalue weighted by atomic mass is 10.2. The third-order valence-electron chi connectivity index (χ3n) is 3.17. The highest BCUT2D eigenvalue weighted by Crippen LogP contribution is 2.20. The number of rotatable bonds is 5. The maximum atomic E-state index is 4.43. The summed E-state index contributed by atoms with van der Waals surface area (Å²) in [6.07, 6.45) is 6.26. The molecule has 3 aromatic heterocycles. The van der Waals surface area contributed by atoms with Crippen LogP contribution in [0.5, 0.6) is 0 Å². The molecule has 0 saturated carbocycles. The van der Waals surface area contributed by atoms with Crippen LogP contribution in [-0.2, 0) is 6.42 Å². The largest absolute Gasteiger partial charge is 0.311 e. The predicted molar refractivity (Wildman–Crippen MR) is 83.4 cm³/mol. The molecule has 4 heteroatoms. The van der Waals surface area contributed by atoms with Crippen molar-refractivity contribution in [1.82, 2.24) is 15.0 Å². The first-order valence-electron chi connectivity index (χ1n) is 6.93. The van der Waals surface area contributed by atoms with Gasteiger partial charge in [0.05, 0.1) is 0 Å². The van der Waals surface area contributed by atoms with Gasteiger partial charge in [0.1, 0.15) is 11.6 Å². The fourth-order valence-electron chi connectivity index (χ4n) is 2.15. The van der Waals surface area contributed by atoms with Gasteiger partial charge in [-0.05, 0) is 36.4 Å². The van der Waals surface area contributed by atoms with Crippen LogP contribution in [0.15, 0.2) is 73.2 Å². The second-order valence-electron chi connectivity index (χ2n) is 4.60. The minimum atomic E-state index is 0.783. The summed E-state index contributed by atoms with van der Waals surface area (Å²) in [5, 5.41) is 0. The van der Waals surface area contributed by atoms with Crippen LogP contribution < -0.4 is 4.90 Å². The Balaban J connectivity index is 1.83. The third-order valence-corrected chi connectivity index (χ3v) is 3.17. The highest BCUT2D eigenvalue weighted by atomic mass is 15.2. The Bertz CT molecular complexity index is 617. The monoisotopic (exact) mass is 276 g/mol. The molecule has 0 unspecified atom stereocenters. The maximum Gasteiger partial charge on any atom is 0.134 e. The Morgan fingerprint density at radius 3 is 1.71 bits per heavy atom. The Labute approximate surface area is 124 Å². The fraction of sp³-hybridized carbons (Fsp3) is 0.118. The second-order valence-corrected chi connectivity index (χ2v) is 4.60. The Kier molecular flexibility index (Phi) is 4.17. The summed E-state index contributed by atoms with van der Waals surface area (Å²) in [6.45, 7) is 0.783. The standard InChI is InChI=1S/C17H16N4/c1-4-11-18-15(7-1)10-14-21(16-8-2-5-12-19-16)17-9-3-6-13-20-17/h1-9,11-13H,10,14H2. The molecule has 4 nitrogen and oxygen atoms in total. The van der Waals surface area contributed by atoms with Gasteiger partial charge >= 0.3 is 0 Å². The van der Waals surface area contributed by atoms with Crippen molar-refractivity contribution in [3.05, 3.63) is 78.9 Å². The van der Waals surface area contributed by atoms with Gasteiger partial charge in [0.2, 0.25) is 0 Å². The molecule has 0 saturated heterocycles. The van der Waals surface area contributed by atoms with Crippen molar-refractivity contribution in [2.45, 2.75) is 6.42 Å². The predicted octanol–water partition coefficient (Wildman–Crippen LogP) is 3.25. The van der Waals surface area contributed by atoms with E-state index >= 15 is 0 Å². The number of nitrogens with zero attached hydrogens (tertiary/aromatic N) is 4. The van der Waals surface area contributed by atoms with Crippen molar-refractivity contribution in [2.24, 2.45) is 0 Å². The first kappa shape index (κ1) is 13.2. The van der Waals surface area contributed by atoms with Gasteiger partial charge in [0.25, 0.3) is 0 Å². The molecule has 0 aliphatic rings. The normalized spacial score (nSPS) is 10.3. The minimum Gasteiger partial charge on any atom is -0.311 e. The molecule has 0 aliphatic heterocycles. The lowest BCUT2D eigenvalue weighted by Gasteiger charge is -2.22.